The molecule has 0 spiro atoms. The fourth-order valence-corrected chi connectivity index (χ4v) is 3.29. The van der Waals surface area contributed by atoms with Crippen molar-refractivity contribution in [3.8, 4) is 0 Å². The second-order valence-corrected chi connectivity index (χ2v) is 6.67. The third-order valence-corrected chi connectivity index (χ3v) is 4.77. The molecule has 4 rings (SSSR count). The number of hydrogen-bond acceptors (Lipinski definition) is 4. The van der Waals surface area contributed by atoms with Crippen LogP contribution in [0.4, 0.5) is 11.4 Å². The number of hydrogen-bond donors (Lipinski definition) is 2. The fraction of sp³-hybridized carbons (Fsp3) is 0.300. The Bertz CT molecular complexity index is 958. The van der Waals surface area contributed by atoms with Gasteiger partial charge in [0.05, 0.1) is 18.7 Å². The van der Waals surface area contributed by atoms with E-state index in [0.717, 1.165) is 59.7 Å². The van der Waals surface area contributed by atoms with Crippen LogP contribution in [-0.4, -0.2) is 42.4 Å². The van der Waals surface area contributed by atoms with Crippen molar-refractivity contribution in [2.75, 3.05) is 36.5 Å². The van der Waals surface area contributed by atoms with Crippen LogP contribution in [0.15, 0.2) is 36.4 Å². The van der Waals surface area contributed by atoms with Crippen LogP contribution in [0.5, 0.6) is 0 Å². The number of carbonyl (C=O) groups is 1. The molecule has 0 atom stereocenters. The number of aromatic nitrogens is 2. The number of H-pyrrole nitrogens is 1. The monoisotopic (exact) mass is 350 g/mol. The van der Waals surface area contributed by atoms with Gasteiger partial charge in [-0.15, -0.1) is 0 Å². The highest BCUT2D eigenvalue weighted by molar-refractivity contribution is 6.11. The summed E-state index contributed by atoms with van der Waals surface area (Å²) >= 11 is 0. The zero-order valence-corrected chi connectivity index (χ0v) is 15.0. The predicted molar refractivity (Wildman–Crippen MR) is 103 cm³/mol. The van der Waals surface area contributed by atoms with Gasteiger partial charge in [-0.05, 0) is 49.7 Å². The highest BCUT2D eigenvalue weighted by Crippen LogP contribution is 2.25. The highest BCUT2D eigenvalue weighted by atomic mass is 16.5. The van der Waals surface area contributed by atoms with Gasteiger partial charge in [-0.3, -0.25) is 9.89 Å². The zero-order chi connectivity index (χ0) is 18.1. The smallest absolute Gasteiger partial charge is 0.276 e. The lowest BCUT2D eigenvalue weighted by molar-refractivity contribution is 0.102. The van der Waals surface area contributed by atoms with E-state index in [1.165, 1.54) is 0 Å². The van der Waals surface area contributed by atoms with E-state index in [1.54, 1.807) is 0 Å². The molecule has 0 bridgehead atoms. The number of anilines is 2. The molecule has 6 nitrogen and oxygen atoms in total. The molecule has 134 valence electrons. The van der Waals surface area contributed by atoms with Crippen LogP contribution in [0.25, 0.3) is 10.9 Å². The molecule has 2 N–H and O–H groups in total. The number of morpholine rings is 1. The molecule has 0 unspecified atom stereocenters. The van der Waals surface area contributed by atoms with Crippen molar-refractivity contribution in [1.29, 1.82) is 0 Å². The number of amides is 1. The van der Waals surface area contributed by atoms with Gasteiger partial charge in [0.2, 0.25) is 0 Å². The number of carbonyl (C=O) groups excluding carboxylic acids is 1. The maximum Gasteiger partial charge on any atom is 0.276 e. The molecular formula is C20H22N4O2. The van der Waals surface area contributed by atoms with E-state index < -0.39 is 0 Å². The first-order valence-corrected chi connectivity index (χ1v) is 8.81. The SMILES string of the molecule is Cc1ccc2[nH]nc(C(=O)Nc3ccc(N4CCOCC4)cc3C)c2c1. The van der Waals surface area contributed by atoms with Crippen LogP contribution in [0.3, 0.4) is 0 Å². The molecule has 2 aromatic carbocycles. The van der Waals surface area contributed by atoms with Gasteiger partial charge in [0, 0.05) is 29.9 Å². The molecule has 2 heterocycles. The second kappa shape index (κ2) is 6.80. The summed E-state index contributed by atoms with van der Waals surface area (Å²) in [5, 5.41) is 10.9. The number of rotatable bonds is 3. The molecule has 1 fully saturated rings. The summed E-state index contributed by atoms with van der Waals surface area (Å²) in [4.78, 5) is 15.0. The number of nitrogens with zero attached hydrogens (tertiary/aromatic N) is 2. The van der Waals surface area contributed by atoms with Crippen molar-refractivity contribution in [1.82, 2.24) is 10.2 Å². The first-order valence-electron chi connectivity index (χ1n) is 8.81. The standard InChI is InChI=1S/C20H22N4O2/c1-13-3-5-18-16(11-13)19(23-22-18)20(25)21-17-6-4-15(12-14(17)2)24-7-9-26-10-8-24/h3-6,11-12H,7-10H2,1-2H3,(H,21,25)(H,22,23). The van der Waals surface area contributed by atoms with E-state index in [1.807, 2.05) is 44.2 Å². The quantitative estimate of drug-likeness (QED) is 0.761. The van der Waals surface area contributed by atoms with Gasteiger partial charge in [-0.25, -0.2) is 0 Å². The molecule has 1 amide bonds. The molecule has 26 heavy (non-hydrogen) atoms. The van der Waals surface area contributed by atoms with Crippen molar-refractivity contribution in [3.05, 3.63) is 53.2 Å². The summed E-state index contributed by atoms with van der Waals surface area (Å²) in [5.74, 6) is -0.205. The predicted octanol–water partition coefficient (Wildman–Crippen LogP) is 3.27. The minimum Gasteiger partial charge on any atom is -0.378 e. The number of aryl methyl sites for hydroxylation is 2. The summed E-state index contributed by atoms with van der Waals surface area (Å²) in [5.41, 5.74) is 5.36. The average molecular weight is 350 g/mol. The molecular weight excluding hydrogens is 328 g/mol. The van der Waals surface area contributed by atoms with Crippen LogP contribution < -0.4 is 10.2 Å². The number of benzene rings is 2. The highest BCUT2D eigenvalue weighted by Gasteiger charge is 2.16. The van der Waals surface area contributed by atoms with Crippen molar-refractivity contribution in [2.45, 2.75) is 13.8 Å². The van der Waals surface area contributed by atoms with Gasteiger partial charge < -0.3 is 15.0 Å². The molecule has 0 radical (unpaired) electrons. The minimum atomic E-state index is -0.205. The zero-order valence-electron chi connectivity index (χ0n) is 15.0. The average Bonchev–Trinajstić information content (AvgIpc) is 3.07. The third kappa shape index (κ3) is 3.15. The van der Waals surface area contributed by atoms with Gasteiger partial charge >= 0.3 is 0 Å². The maximum absolute atomic E-state index is 12.7. The fourth-order valence-electron chi connectivity index (χ4n) is 3.29. The van der Waals surface area contributed by atoms with E-state index >= 15 is 0 Å². The molecule has 1 aliphatic rings. The molecule has 3 aromatic rings. The van der Waals surface area contributed by atoms with E-state index in [4.69, 9.17) is 4.74 Å². The lowest BCUT2D eigenvalue weighted by atomic mass is 10.1. The largest absolute Gasteiger partial charge is 0.378 e. The molecule has 6 heteroatoms. The number of aromatic amines is 1. The molecule has 1 saturated heterocycles. The van der Waals surface area contributed by atoms with Crippen LogP contribution >= 0.6 is 0 Å². The number of ether oxygens (including phenoxy) is 1. The van der Waals surface area contributed by atoms with Crippen molar-refractivity contribution in [3.63, 3.8) is 0 Å². The Morgan fingerprint density at radius 2 is 1.96 bits per heavy atom. The third-order valence-electron chi connectivity index (χ3n) is 4.77. The van der Waals surface area contributed by atoms with Crippen LogP contribution in [-0.2, 0) is 4.74 Å². The van der Waals surface area contributed by atoms with E-state index in [9.17, 15) is 4.79 Å². The summed E-state index contributed by atoms with van der Waals surface area (Å²) in [7, 11) is 0. The first kappa shape index (κ1) is 16.6. The normalized spacial score (nSPS) is 14.6. The van der Waals surface area contributed by atoms with E-state index in [-0.39, 0.29) is 5.91 Å². The van der Waals surface area contributed by atoms with Crippen molar-refractivity contribution in [2.24, 2.45) is 0 Å². The summed E-state index contributed by atoms with van der Waals surface area (Å²) in [6.45, 7) is 7.30. The number of nitrogens with one attached hydrogen (secondary N) is 2. The second-order valence-electron chi connectivity index (χ2n) is 6.67. The Morgan fingerprint density at radius 3 is 2.73 bits per heavy atom. The van der Waals surface area contributed by atoms with E-state index in [0.29, 0.717) is 5.69 Å². The summed E-state index contributed by atoms with van der Waals surface area (Å²) in [6, 6.07) is 12.0. The van der Waals surface area contributed by atoms with Gasteiger partial charge in [0.1, 0.15) is 0 Å². The summed E-state index contributed by atoms with van der Waals surface area (Å²) in [6.07, 6.45) is 0. The Hall–Kier alpha value is -2.86. The topological polar surface area (TPSA) is 70.2 Å². The van der Waals surface area contributed by atoms with Gasteiger partial charge in [-0.1, -0.05) is 11.6 Å². The molecule has 0 saturated carbocycles. The van der Waals surface area contributed by atoms with Crippen LogP contribution in [0, 0.1) is 13.8 Å². The van der Waals surface area contributed by atoms with Gasteiger partial charge in [0.15, 0.2) is 5.69 Å². The lowest BCUT2D eigenvalue weighted by Gasteiger charge is -2.29. The van der Waals surface area contributed by atoms with Crippen molar-refractivity contribution >= 4 is 28.2 Å². The Kier molecular flexibility index (Phi) is 4.34. The lowest BCUT2D eigenvalue weighted by Crippen LogP contribution is -2.36. The van der Waals surface area contributed by atoms with Gasteiger partial charge in [0.25, 0.3) is 5.91 Å². The Labute approximate surface area is 152 Å². The minimum absolute atomic E-state index is 0.205. The molecule has 0 aliphatic carbocycles. The van der Waals surface area contributed by atoms with Crippen LogP contribution in [0.2, 0.25) is 0 Å². The van der Waals surface area contributed by atoms with E-state index in [2.05, 4.69) is 26.5 Å². The summed E-state index contributed by atoms with van der Waals surface area (Å²) < 4.78 is 5.40. The molecule has 1 aromatic heterocycles. The van der Waals surface area contributed by atoms with Gasteiger partial charge in [-0.2, -0.15) is 5.10 Å². The first-order chi connectivity index (χ1) is 12.6. The Morgan fingerprint density at radius 1 is 1.15 bits per heavy atom. The number of fused-ring (bicyclic) bond motifs is 1. The Balaban J connectivity index is 1.56. The van der Waals surface area contributed by atoms with Crippen LogP contribution in [0.1, 0.15) is 21.6 Å². The van der Waals surface area contributed by atoms with Crippen molar-refractivity contribution < 1.29 is 9.53 Å². The molecule has 1 aliphatic heterocycles. The maximum atomic E-state index is 12.7.